The molecule has 0 aromatic carbocycles. The van der Waals surface area contributed by atoms with E-state index < -0.39 is 5.97 Å². The molecule has 0 aliphatic heterocycles. The molecule has 16 heavy (non-hydrogen) atoms. The van der Waals surface area contributed by atoms with Gasteiger partial charge >= 0.3 is 5.97 Å². The number of imidazole rings is 1. The number of aromatic amines is 1. The number of H-pyrrole nitrogens is 1. The fourth-order valence-electron chi connectivity index (χ4n) is 0.895. The van der Waals surface area contributed by atoms with Crippen molar-refractivity contribution in [2.75, 3.05) is 19.4 Å². The van der Waals surface area contributed by atoms with E-state index in [1.165, 1.54) is 18.0 Å². The van der Waals surface area contributed by atoms with Gasteiger partial charge in [-0.25, -0.2) is 9.78 Å². The average Bonchev–Trinajstić information content (AvgIpc) is 2.75. The number of esters is 1. The fourth-order valence-corrected chi connectivity index (χ4v) is 1.62. The molecule has 6 nitrogen and oxygen atoms in total. The zero-order chi connectivity index (χ0) is 12.0. The minimum absolute atomic E-state index is 0.0981. The van der Waals surface area contributed by atoms with Crippen LogP contribution in [-0.4, -0.2) is 41.3 Å². The van der Waals surface area contributed by atoms with Crippen molar-refractivity contribution in [1.82, 2.24) is 15.3 Å². The monoisotopic (exact) mass is 243 g/mol. The van der Waals surface area contributed by atoms with Crippen molar-refractivity contribution in [1.29, 1.82) is 0 Å². The highest BCUT2D eigenvalue weighted by Gasteiger charge is 2.11. The van der Waals surface area contributed by atoms with Crippen molar-refractivity contribution in [2.45, 2.75) is 12.1 Å². The second-order valence-corrected chi connectivity index (χ2v) is 3.75. The third kappa shape index (κ3) is 3.58. The predicted octanol–water partition coefficient (Wildman–Crippen LogP) is 0.424. The zero-order valence-corrected chi connectivity index (χ0v) is 9.89. The average molecular weight is 243 g/mol. The number of ether oxygens (including phenoxy) is 1. The fraction of sp³-hybridized carbons (Fsp3) is 0.444. The van der Waals surface area contributed by atoms with Gasteiger partial charge < -0.3 is 15.0 Å². The maximum atomic E-state index is 11.3. The van der Waals surface area contributed by atoms with Crippen LogP contribution in [0.2, 0.25) is 0 Å². The first kappa shape index (κ1) is 12.6. The standard InChI is InChI=1S/C9H13N3O3S/c1-3-15-8(14)6-4-11-9(12-6)16-5-7(13)10-2/h4H,3,5H2,1-2H3,(H,10,13)(H,11,12). The number of thioether (sulfide) groups is 1. The Hall–Kier alpha value is -1.50. The van der Waals surface area contributed by atoms with Crippen LogP contribution in [0.5, 0.6) is 0 Å². The Morgan fingerprint density at radius 2 is 2.38 bits per heavy atom. The first-order chi connectivity index (χ1) is 7.67. The summed E-state index contributed by atoms with van der Waals surface area (Å²) in [5, 5.41) is 3.01. The van der Waals surface area contributed by atoms with E-state index in [4.69, 9.17) is 4.74 Å². The summed E-state index contributed by atoms with van der Waals surface area (Å²) in [4.78, 5) is 29.0. The molecule has 1 amide bonds. The second kappa shape index (κ2) is 6.16. The number of nitrogens with one attached hydrogen (secondary N) is 2. The van der Waals surface area contributed by atoms with Gasteiger partial charge in [0.15, 0.2) is 5.16 Å². The van der Waals surface area contributed by atoms with E-state index in [1.54, 1.807) is 14.0 Å². The van der Waals surface area contributed by atoms with Gasteiger partial charge in [-0.15, -0.1) is 0 Å². The number of carbonyl (C=O) groups is 2. The predicted molar refractivity (Wildman–Crippen MR) is 59.3 cm³/mol. The number of nitrogens with zero attached hydrogens (tertiary/aromatic N) is 1. The molecule has 0 aliphatic carbocycles. The SMILES string of the molecule is CCOC(=O)c1cnc(SCC(=O)NC)[nH]1. The molecule has 88 valence electrons. The summed E-state index contributed by atoms with van der Waals surface area (Å²) < 4.78 is 4.79. The summed E-state index contributed by atoms with van der Waals surface area (Å²) >= 11 is 1.22. The topological polar surface area (TPSA) is 84.1 Å². The van der Waals surface area contributed by atoms with Crippen LogP contribution in [0, 0.1) is 0 Å². The lowest BCUT2D eigenvalue weighted by atomic mass is 10.5. The summed E-state index contributed by atoms with van der Waals surface area (Å²) in [7, 11) is 1.56. The number of aromatic nitrogens is 2. The highest BCUT2D eigenvalue weighted by Crippen LogP contribution is 2.13. The largest absolute Gasteiger partial charge is 0.461 e. The Morgan fingerprint density at radius 3 is 3.00 bits per heavy atom. The highest BCUT2D eigenvalue weighted by atomic mass is 32.2. The van der Waals surface area contributed by atoms with E-state index >= 15 is 0 Å². The second-order valence-electron chi connectivity index (χ2n) is 2.78. The van der Waals surface area contributed by atoms with Gasteiger partial charge in [-0.3, -0.25) is 4.79 Å². The van der Waals surface area contributed by atoms with Crippen molar-refractivity contribution < 1.29 is 14.3 Å². The van der Waals surface area contributed by atoms with Crippen molar-refractivity contribution in [2.24, 2.45) is 0 Å². The van der Waals surface area contributed by atoms with Crippen LogP contribution in [0.3, 0.4) is 0 Å². The molecule has 1 aromatic heterocycles. The molecule has 0 fully saturated rings. The van der Waals surface area contributed by atoms with Gasteiger partial charge in [0.25, 0.3) is 0 Å². The van der Waals surface area contributed by atoms with Crippen LogP contribution < -0.4 is 5.32 Å². The lowest BCUT2D eigenvalue weighted by molar-refractivity contribution is -0.118. The Balaban J connectivity index is 2.51. The van der Waals surface area contributed by atoms with E-state index in [2.05, 4.69) is 15.3 Å². The summed E-state index contributed by atoms with van der Waals surface area (Å²) in [5.74, 6) is -0.285. The molecule has 1 heterocycles. The number of rotatable bonds is 5. The summed E-state index contributed by atoms with van der Waals surface area (Å²) in [5.41, 5.74) is 0.293. The molecule has 0 bridgehead atoms. The summed E-state index contributed by atoms with van der Waals surface area (Å²) in [6.45, 7) is 2.05. The van der Waals surface area contributed by atoms with Crippen molar-refractivity contribution in [3.05, 3.63) is 11.9 Å². The third-order valence-corrected chi connectivity index (χ3v) is 2.55. The molecule has 0 saturated heterocycles. The van der Waals surface area contributed by atoms with Crippen molar-refractivity contribution >= 4 is 23.6 Å². The van der Waals surface area contributed by atoms with Crippen LogP contribution in [0.4, 0.5) is 0 Å². The molecule has 0 saturated carbocycles. The maximum absolute atomic E-state index is 11.3. The van der Waals surface area contributed by atoms with E-state index in [-0.39, 0.29) is 11.7 Å². The normalized spacial score (nSPS) is 9.88. The molecule has 0 unspecified atom stereocenters. The Labute approximate surface area is 97.2 Å². The smallest absolute Gasteiger partial charge is 0.356 e. The summed E-state index contributed by atoms with van der Waals surface area (Å²) in [6, 6.07) is 0. The number of hydrogen-bond donors (Lipinski definition) is 2. The van der Waals surface area contributed by atoms with Gasteiger partial charge in [-0.05, 0) is 6.92 Å². The van der Waals surface area contributed by atoms with Crippen LogP contribution in [0.15, 0.2) is 11.4 Å². The molecule has 0 atom stereocenters. The summed E-state index contributed by atoms with van der Waals surface area (Å²) in [6.07, 6.45) is 1.39. The van der Waals surface area contributed by atoms with E-state index in [0.717, 1.165) is 0 Å². The van der Waals surface area contributed by atoms with E-state index in [1.807, 2.05) is 0 Å². The van der Waals surface area contributed by atoms with Crippen LogP contribution in [-0.2, 0) is 9.53 Å². The molecule has 2 N–H and O–H groups in total. The Kier molecular flexibility index (Phi) is 4.84. The Morgan fingerprint density at radius 1 is 1.62 bits per heavy atom. The first-order valence-electron chi connectivity index (χ1n) is 4.72. The lowest BCUT2D eigenvalue weighted by Crippen LogP contribution is -2.19. The van der Waals surface area contributed by atoms with Crippen LogP contribution in [0.1, 0.15) is 17.4 Å². The number of hydrogen-bond acceptors (Lipinski definition) is 5. The van der Waals surface area contributed by atoms with Gasteiger partial charge in [0.1, 0.15) is 5.69 Å². The van der Waals surface area contributed by atoms with Crippen molar-refractivity contribution in [3.8, 4) is 0 Å². The van der Waals surface area contributed by atoms with Gasteiger partial charge in [-0.1, -0.05) is 11.8 Å². The molecule has 1 rings (SSSR count). The third-order valence-electron chi connectivity index (χ3n) is 1.67. The van der Waals surface area contributed by atoms with Crippen LogP contribution in [0.25, 0.3) is 0 Å². The van der Waals surface area contributed by atoms with Crippen molar-refractivity contribution in [3.63, 3.8) is 0 Å². The molecular weight excluding hydrogens is 230 g/mol. The quantitative estimate of drug-likeness (QED) is 0.578. The highest BCUT2D eigenvalue weighted by molar-refractivity contribution is 7.99. The molecule has 0 aliphatic rings. The maximum Gasteiger partial charge on any atom is 0.356 e. The van der Waals surface area contributed by atoms with Crippen LogP contribution >= 0.6 is 11.8 Å². The minimum atomic E-state index is -0.443. The molecular formula is C9H13N3O3S. The van der Waals surface area contributed by atoms with Gasteiger partial charge in [-0.2, -0.15) is 0 Å². The number of amides is 1. The minimum Gasteiger partial charge on any atom is -0.461 e. The molecule has 7 heteroatoms. The van der Waals surface area contributed by atoms with Gasteiger partial charge in [0.05, 0.1) is 18.6 Å². The zero-order valence-electron chi connectivity index (χ0n) is 9.07. The lowest BCUT2D eigenvalue weighted by Gasteiger charge is -1.98. The molecule has 0 radical (unpaired) electrons. The Bertz CT molecular complexity index is 378. The molecule has 0 spiro atoms. The molecule has 1 aromatic rings. The number of carbonyl (C=O) groups excluding carboxylic acids is 2. The first-order valence-corrected chi connectivity index (χ1v) is 5.71. The van der Waals surface area contributed by atoms with E-state index in [0.29, 0.717) is 17.5 Å². The van der Waals surface area contributed by atoms with Gasteiger partial charge in [0.2, 0.25) is 5.91 Å². The van der Waals surface area contributed by atoms with E-state index in [9.17, 15) is 9.59 Å². The van der Waals surface area contributed by atoms with Gasteiger partial charge in [0, 0.05) is 7.05 Å².